The normalized spacial score (nSPS) is 13.4. The van der Waals surface area contributed by atoms with Crippen molar-refractivity contribution in [3.63, 3.8) is 0 Å². The lowest BCUT2D eigenvalue weighted by Crippen LogP contribution is -2.50. The molecule has 3 N–H and O–H groups in total. The standard InChI is InChI=1S/C18H16ClF3N2O4/c1-2-28-15(25)17(27,18(20,21)22)11-3-7-13(8-4-11)23-16(26)24-14-9-5-12(19)6-10-14/h3-10,27H,2H2,1H3,(H2,23,24,26)/t17-/m0/s1. The van der Waals surface area contributed by atoms with Crippen molar-refractivity contribution in [2.75, 3.05) is 17.2 Å². The lowest BCUT2D eigenvalue weighted by atomic mass is 9.93. The van der Waals surface area contributed by atoms with Gasteiger partial charge in [-0.25, -0.2) is 9.59 Å². The molecule has 2 aromatic carbocycles. The predicted molar refractivity (Wildman–Crippen MR) is 97.1 cm³/mol. The minimum atomic E-state index is -5.29. The molecule has 2 aromatic rings. The zero-order valence-electron chi connectivity index (χ0n) is 14.5. The molecule has 10 heteroatoms. The highest BCUT2D eigenvalue weighted by Crippen LogP contribution is 2.40. The van der Waals surface area contributed by atoms with Crippen molar-refractivity contribution in [1.29, 1.82) is 0 Å². The Kier molecular flexibility index (Phi) is 6.52. The highest BCUT2D eigenvalue weighted by molar-refractivity contribution is 6.30. The van der Waals surface area contributed by atoms with E-state index >= 15 is 0 Å². The van der Waals surface area contributed by atoms with Crippen LogP contribution in [0.4, 0.5) is 29.3 Å². The second-order valence-electron chi connectivity index (χ2n) is 5.59. The summed E-state index contributed by atoms with van der Waals surface area (Å²) in [6, 6.07) is 9.61. The lowest BCUT2D eigenvalue weighted by molar-refractivity contribution is -0.267. The zero-order valence-corrected chi connectivity index (χ0v) is 15.3. The van der Waals surface area contributed by atoms with Crippen molar-refractivity contribution in [2.24, 2.45) is 0 Å². The Morgan fingerprint density at radius 1 is 1.00 bits per heavy atom. The average Bonchev–Trinajstić information content (AvgIpc) is 2.63. The van der Waals surface area contributed by atoms with E-state index < -0.39 is 29.3 Å². The third-order valence-corrected chi connectivity index (χ3v) is 3.90. The number of amides is 2. The van der Waals surface area contributed by atoms with Crippen LogP contribution in [0.3, 0.4) is 0 Å². The first-order valence-electron chi connectivity index (χ1n) is 7.98. The van der Waals surface area contributed by atoms with E-state index in [2.05, 4.69) is 15.4 Å². The molecule has 0 bridgehead atoms. The van der Waals surface area contributed by atoms with Gasteiger partial charge in [-0.1, -0.05) is 23.7 Å². The lowest BCUT2D eigenvalue weighted by Gasteiger charge is -2.28. The number of hydrogen-bond acceptors (Lipinski definition) is 4. The first-order valence-corrected chi connectivity index (χ1v) is 8.36. The van der Waals surface area contributed by atoms with E-state index in [1.807, 2.05) is 0 Å². The molecular formula is C18H16ClF3N2O4. The molecule has 0 aromatic heterocycles. The second-order valence-corrected chi connectivity index (χ2v) is 6.03. The number of carbonyl (C=O) groups is 2. The van der Waals surface area contributed by atoms with Crippen LogP contribution in [-0.4, -0.2) is 29.9 Å². The number of hydrogen-bond donors (Lipinski definition) is 3. The summed E-state index contributed by atoms with van der Waals surface area (Å²) in [5, 5.41) is 15.4. The summed E-state index contributed by atoms with van der Waals surface area (Å²) in [7, 11) is 0. The third kappa shape index (κ3) is 4.73. The van der Waals surface area contributed by atoms with Gasteiger partial charge in [-0.15, -0.1) is 0 Å². The van der Waals surface area contributed by atoms with E-state index in [1.165, 1.54) is 6.92 Å². The molecule has 0 aliphatic rings. The van der Waals surface area contributed by atoms with Crippen LogP contribution in [0.5, 0.6) is 0 Å². The number of aliphatic hydroxyl groups is 1. The molecule has 0 aliphatic heterocycles. The maximum Gasteiger partial charge on any atom is 0.432 e. The van der Waals surface area contributed by atoms with Gasteiger partial charge in [-0.05, 0) is 43.3 Å². The molecule has 0 unspecified atom stereocenters. The Balaban J connectivity index is 2.15. The van der Waals surface area contributed by atoms with Crippen LogP contribution in [0, 0.1) is 0 Å². The van der Waals surface area contributed by atoms with Gasteiger partial charge >= 0.3 is 18.2 Å². The molecule has 0 spiro atoms. The Hall–Kier alpha value is -2.78. The molecule has 6 nitrogen and oxygen atoms in total. The van der Waals surface area contributed by atoms with E-state index in [-0.39, 0.29) is 12.3 Å². The number of nitrogens with one attached hydrogen (secondary N) is 2. The number of ether oxygens (including phenoxy) is 1. The Morgan fingerprint density at radius 2 is 1.46 bits per heavy atom. The van der Waals surface area contributed by atoms with Crippen LogP contribution in [0.2, 0.25) is 5.02 Å². The Bertz CT molecular complexity index is 841. The van der Waals surface area contributed by atoms with Crippen LogP contribution in [0.15, 0.2) is 48.5 Å². The van der Waals surface area contributed by atoms with Gasteiger partial charge in [-0.3, -0.25) is 0 Å². The highest BCUT2D eigenvalue weighted by atomic mass is 35.5. The SMILES string of the molecule is CCOC(=O)[C@@](O)(c1ccc(NC(=O)Nc2ccc(Cl)cc2)cc1)C(F)(F)F. The number of esters is 1. The van der Waals surface area contributed by atoms with E-state index in [0.717, 1.165) is 24.3 Å². The number of halogens is 4. The zero-order chi connectivity index (χ0) is 20.9. The van der Waals surface area contributed by atoms with E-state index in [1.54, 1.807) is 24.3 Å². The van der Waals surface area contributed by atoms with Crippen LogP contribution in [0.1, 0.15) is 12.5 Å². The van der Waals surface area contributed by atoms with Gasteiger partial charge in [-0.2, -0.15) is 13.2 Å². The van der Waals surface area contributed by atoms with Crippen LogP contribution in [0.25, 0.3) is 0 Å². The fraction of sp³-hybridized carbons (Fsp3) is 0.222. The summed E-state index contributed by atoms with van der Waals surface area (Å²) >= 11 is 5.74. The first-order chi connectivity index (χ1) is 13.1. The number of carbonyl (C=O) groups excluding carboxylic acids is 2. The number of benzene rings is 2. The van der Waals surface area contributed by atoms with Crippen molar-refractivity contribution >= 4 is 35.0 Å². The van der Waals surface area contributed by atoms with Crippen LogP contribution in [-0.2, 0) is 15.1 Å². The van der Waals surface area contributed by atoms with Crippen LogP contribution >= 0.6 is 11.6 Å². The van der Waals surface area contributed by atoms with Crippen molar-refractivity contribution in [3.8, 4) is 0 Å². The summed E-state index contributed by atoms with van der Waals surface area (Å²) in [6.07, 6.45) is -5.29. The van der Waals surface area contributed by atoms with Gasteiger partial charge in [0.1, 0.15) is 0 Å². The topological polar surface area (TPSA) is 87.7 Å². The molecule has 0 saturated carbocycles. The maximum atomic E-state index is 13.3. The second kappa shape index (κ2) is 8.49. The number of rotatable bonds is 5. The fourth-order valence-electron chi connectivity index (χ4n) is 2.25. The average molecular weight is 417 g/mol. The molecule has 28 heavy (non-hydrogen) atoms. The molecule has 0 heterocycles. The molecule has 150 valence electrons. The highest BCUT2D eigenvalue weighted by Gasteiger charge is 2.62. The molecule has 0 saturated heterocycles. The van der Waals surface area contributed by atoms with Gasteiger partial charge in [0, 0.05) is 22.0 Å². The maximum absolute atomic E-state index is 13.3. The molecule has 2 amide bonds. The van der Waals surface area contributed by atoms with E-state index in [0.29, 0.717) is 10.7 Å². The summed E-state index contributed by atoms with van der Waals surface area (Å²) in [5.74, 6) is -1.83. The molecule has 0 radical (unpaired) electrons. The first kappa shape index (κ1) is 21.5. The smallest absolute Gasteiger partial charge is 0.432 e. The minimum absolute atomic E-state index is 0.142. The van der Waals surface area contributed by atoms with Gasteiger partial charge in [0.2, 0.25) is 0 Å². The van der Waals surface area contributed by atoms with E-state index in [9.17, 15) is 27.9 Å². The summed E-state index contributed by atoms with van der Waals surface area (Å²) in [6.45, 7) is 0.989. The molecule has 0 aliphatic carbocycles. The van der Waals surface area contributed by atoms with Crippen LogP contribution < -0.4 is 10.6 Å². The van der Waals surface area contributed by atoms with E-state index in [4.69, 9.17) is 11.6 Å². The van der Waals surface area contributed by atoms with Crippen molar-refractivity contribution < 1.29 is 32.6 Å². The van der Waals surface area contributed by atoms with Gasteiger partial charge in [0.15, 0.2) is 0 Å². The van der Waals surface area contributed by atoms with Gasteiger partial charge in [0.05, 0.1) is 6.61 Å². The largest absolute Gasteiger partial charge is 0.463 e. The number of urea groups is 1. The molecule has 2 rings (SSSR count). The predicted octanol–water partition coefficient (Wildman–Crippen LogP) is 4.30. The summed E-state index contributed by atoms with van der Waals surface area (Å²) in [4.78, 5) is 23.7. The molecular weight excluding hydrogens is 401 g/mol. The Labute approximate surface area is 163 Å². The van der Waals surface area contributed by atoms with Gasteiger partial charge < -0.3 is 20.5 Å². The number of alkyl halides is 3. The third-order valence-electron chi connectivity index (χ3n) is 3.64. The summed E-state index contributed by atoms with van der Waals surface area (Å²) < 4.78 is 44.3. The van der Waals surface area contributed by atoms with Crippen molar-refractivity contribution in [1.82, 2.24) is 0 Å². The fourth-order valence-corrected chi connectivity index (χ4v) is 2.38. The quantitative estimate of drug-likeness (QED) is 0.634. The monoisotopic (exact) mass is 416 g/mol. The molecule has 0 fully saturated rings. The summed E-state index contributed by atoms with van der Waals surface area (Å²) in [5.41, 5.74) is -3.95. The molecule has 1 atom stereocenters. The minimum Gasteiger partial charge on any atom is -0.463 e. The number of anilines is 2. The Morgan fingerprint density at radius 3 is 1.89 bits per heavy atom. The van der Waals surface area contributed by atoms with Crippen molar-refractivity contribution in [2.45, 2.75) is 18.7 Å². The van der Waals surface area contributed by atoms with Crippen molar-refractivity contribution in [3.05, 3.63) is 59.1 Å². The van der Waals surface area contributed by atoms with Gasteiger partial charge in [0.25, 0.3) is 5.60 Å².